The Kier molecular flexibility index (Phi) is 5.18. The molecule has 98 valence electrons. The van der Waals surface area contributed by atoms with Crippen molar-refractivity contribution in [3.63, 3.8) is 0 Å². The summed E-state index contributed by atoms with van der Waals surface area (Å²) in [4.78, 5) is 15.7. The molecule has 1 aromatic rings. The van der Waals surface area contributed by atoms with Crippen molar-refractivity contribution >= 4 is 28.8 Å². The average Bonchev–Trinajstić information content (AvgIpc) is 2.35. The highest BCUT2D eigenvalue weighted by Gasteiger charge is 2.21. The minimum Gasteiger partial charge on any atom is -0.375 e. The van der Waals surface area contributed by atoms with Crippen LogP contribution in [0.25, 0.3) is 0 Å². The van der Waals surface area contributed by atoms with Gasteiger partial charge in [0, 0.05) is 26.2 Å². The lowest BCUT2D eigenvalue weighted by molar-refractivity contribution is 0.101. The van der Waals surface area contributed by atoms with Crippen LogP contribution < -0.4 is 10.7 Å². The van der Waals surface area contributed by atoms with Crippen molar-refractivity contribution in [1.82, 2.24) is 9.99 Å². The van der Waals surface area contributed by atoms with Gasteiger partial charge in [-0.15, -0.1) is 0 Å². The zero-order valence-corrected chi connectivity index (χ0v) is 11.7. The number of aromatic nitrogens is 1. The fraction of sp³-hybridized carbons (Fsp3) is 0.417. The fourth-order valence-corrected chi connectivity index (χ4v) is 1.97. The minimum absolute atomic E-state index is 0.112. The summed E-state index contributed by atoms with van der Waals surface area (Å²) in [5.41, 5.74) is 6.76. The highest BCUT2D eigenvalue weighted by atomic mass is 32.1. The van der Waals surface area contributed by atoms with Crippen LogP contribution in [-0.2, 0) is 0 Å². The second kappa shape index (κ2) is 6.42. The maximum atomic E-state index is 11.6. The summed E-state index contributed by atoms with van der Waals surface area (Å²) in [5.74, 6) is -0.112. The van der Waals surface area contributed by atoms with Gasteiger partial charge in [0.15, 0.2) is 10.9 Å². The number of carbonyl (C=O) groups is 1. The zero-order chi connectivity index (χ0) is 13.7. The Labute approximate surface area is 113 Å². The second-order valence-electron chi connectivity index (χ2n) is 3.72. The molecule has 1 aromatic heterocycles. The molecule has 0 aliphatic rings. The molecule has 0 aliphatic carbocycles. The first kappa shape index (κ1) is 14.5. The van der Waals surface area contributed by atoms with Gasteiger partial charge in [-0.25, -0.2) is 10.0 Å². The molecule has 0 spiro atoms. The van der Waals surface area contributed by atoms with Crippen LogP contribution in [0.15, 0.2) is 18.3 Å². The monoisotopic (exact) mass is 266 g/mol. The molecule has 2 N–H and O–H groups in total. The normalized spacial score (nSPS) is 10.4. The molecular formula is C12H18N4OS. The van der Waals surface area contributed by atoms with Crippen molar-refractivity contribution in [2.75, 3.05) is 18.1 Å². The van der Waals surface area contributed by atoms with Gasteiger partial charge in [-0.2, -0.15) is 0 Å². The maximum absolute atomic E-state index is 11.6. The summed E-state index contributed by atoms with van der Waals surface area (Å²) < 4.78 is 0. The van der Waals surface area contributed by atoms with Gasteiger partial charge in [-0.05, 0) is 24.4 Å². The molecule has 1 rings (SSSR count). The van der Waals surface area contributed by atoms with Crippen LogP contribution in [0.3, 0.4) is 0 Å². The average molecular weight is 266 g/mol. The van der Waals surface area contributed by atoms with Crippen molar-refractivity contribution in [3.8, 4) is 0 Å². The van der Waals surface area contributed by atoms with Gasteiger partial charge in [-0.1, -0.05) is 13.8 Å². The van der Waals surface area contributed by atoms with Crippen molar-refractivity contribution < 1.29 is 4.79 Å². The van der Waals surface area contributed by atoms with E-state index in [4.69, 9.17) is 18.0 Å². The van der Waals surface area contributed by atoms with Crippen molar-refractivity contribution in [1.29, 1.82) is 0 Å². The number of rotatable bonds is 5. The van der Waals surface area contributed by atoms with Crippen molar-refractivity contribution in [2.45, 2.75) is 20.8 Å². The molecule has 0 saturated carbocycles. The number of hydrogen-bond donors (Lipinski definition) is 1. The molecule has 6 heteroatoms. The summed E-state index contributed by atoms with van der Waals surface area (Å²) in [5, 5.41) is 3.82. The largest absolute Gasteiger partial charge is 0.375 e. The van der Waals surface area contributed by atoms with E-state index in [1.54, 1.807) is 23.3 Å². The van der Waals surface area contributed by atoms with E-state index in [1.807, 2.05) is 18.9 Å². The lowest BCUT2D eigenvalue weighted by Crippen LogP contribution is -2.49. The van der Waals surface area contributed by atoms with Crippen LogP contribution in [0.2, 0.25) is 0 Å². The highest BCUT2D eigenvalue weighted by molar-refractivity contribution is 7.80. The molecule has 0 aromatic carbocycles. The Morgan fingerprint density at radius 2 is 2.06 bits per heavy atom. The molecule has 0 bridgehead atoms. The number of carbonyl (C=O) groups excluding carboxylic acids is 1. The molecule has 0 unspecified atom stereocenters. The van der Waals surface area contributed by atoms with Gasteiger partial charge in [0.1, 0.15) is 5.69 Å². The summed E-state index contributed by atoms with van der Waals surface area (Å²) in [6.07, 6.45) is 1.58. The number of ketones is 1. The number of nitrogens with zero attached hydrogens (tertiary/aromatic N) is 3. The van der Waals surface area contributed by atoms with Crippen LogP contribution in [0.1, 0.15) is 31.3 Å². The number of anilines is 1. The Morgan fingerprint density at radius 1 is 1.44 bits per heavy atom. The quantitative estimate of drug-likeness (QED) is 0.496. The van der Waals surface area contributed by atoms with E-state index in [0.29, 0.717) is 11.4 Å². The number of Topliss-reactive ketones (excluding diaryl/α,β-unsaturated/α-hetero) is 1. The minimum atomic E-state index is -0.112. The lowest BCUT2D eigenvalue weighted by atomic mass is 10.2. The molecule has 0 atom stereocenters. The SMILES string of the molecule is CCN(CC)N(C(N)=S)c1cccnc1C(C)=O. The van der Waals surface area contributed by atoms with Gasteiger partial charge in [0.05, 0.1) is 5.69 Å². The van der Waals surface area contributed by atoms with E-state index in [1.165, 1.54) is 6.92 Å². The standard InChI is InChI=1S/C12H18N4OS/c1-4-15(5-2)16(12(13)18)10-7-6-8-14-11(10)9(3)17/h6-8H,4-5H2,1-3H3,(H2,13,18). The molecular weight excluding hydrogens is 248 g/mol. The molecule has 18 heavy (non-hydrogen) atoms. The van der Waals surface area contributed by atoms with E-state index < -0.39 is 0 Å². The van der Waals surface area contributed by atoms with Gasteiger partial charge < -0.3 is 5.73 Å². The third-order valence-corrected chi connectivity index (χ3v) is 2.74. The second-order valence-corrected chi connectivity index (χ2v) is 4.13. The first-order valence-electron chi connectivity index (χ1n) is 5.83. The van der Waals surface area contributed by atoms with Crippen LogP contribution in [0, 0.1) is 0 Å². The first-order chi connectivity index (χ1) is 8.52. The van der Waals surface area contributed by atoms with Crippen LogP contribution in [0.5, 0.6) is 0 Å². The van der Waals surface area contributed by atoms with Crippen molar-refractivity contribution in [2.24, 2.45) is 5.73 Å². The number of pyridine rings is 1. The van der Waals surface area contributed by atoms with Gasteiger partial charge in [-0.3, -0.25) is 9.78 Å². The molecule has 0 amide bonds. The molecule has 0 fully saturated rings. The summed E-state index contributed by atoms with van der Waals surface area (Å²) in [7, 11) is 0. The number of nitrogens with two attached hydrogens (primary N) is 1. The Bertz CT molecular complexity index is 445. The number of hydrazine groups is 1. The first-order valence-corrected chi connectivity index (χ1v) is 6.24. The Morgan fingerprint density at radius 3 is 2.50 bits per heavy atom. The third-order valence-electron chi connectivity index (χ3n) is 2.57. The van der Waals surface area contributed by atoms with E-state index in [2.05, 4.69) is 4.98 Å². The summed E-state index contributed by atoms with van der Waals surface area (Å²) >= 11 is 5.08. The van der Waals surface area contributed by atoms with E-state index in [-0.39, 0.29) is 10.9 Å². The summed E-state index contributed by atoms with van der Waals surface area (Å²) in [6, 6.07) is 3.55. The zero-order valence-electron chi connectivity index (χ0n) is 10.9. The van der Waals surface area contributed by atoms with E-state index >= 15 is 0 Å². The van der Waals surface area contributed by atoms with Crippen LogP contribution >= 0.6 is 12.2 Å². The predicted molar refractivity (Wildman–Crippen MR) is 76.4 cm³/mol. The van der Waals surface area contributed by atoms with Crippen LogP contribution in [-0.4, -0.2) is 34.0 Å². The molecule has 0 saturated heterocycles. The highest BCUT2D eigenvalue weighted by Crippen LogP contribution is 2.20. The van der Waals surface area contributed by atoms with Gasteiger partial charge >= 0.3 is 0 Å². The molecule has 0 radical (unpaired) electrons. The van der Waals surface area contributed by atoms with Crippen molar-refractivity contribution in [3.05, 3.63) is 24.0 Å². The van der Waals surface area contributed by atoms with E-state index in [0.717, 1.165) is 13.1 Å². The predicted octanol–water partition coefficient (Wildman–Crippen LogP) is 1.59. The Balaban J connectivity index is 3.30. The van der Waals surface area contributed by atoms with Gasteiger partial charge in [0.25, 0.3) is 0 Å². The van der Waals surface area contributed by atoms with E-state index in [9.17, 15) is 4.79 Å². The number of thiocarbonyl (C=S) groups is 1. The summed E-state index contributed by atoms with van der Waals surface area (Å²) in [6.45, 7) is 6.95. The van der Waals surface area contributed by atoms with Crippen LogP contribution in [0.4, 0.5) is 5.69 Å². The smallest absolute Gasteiger partial charge is 0.185 e. The lowest BCUT2D eigenvalue weighted by Gasteiger charge is -2.34. The molecule has 1 heterocycles. The Hall–Kier alpha value is -1.53. The maximum Gasteiger partial charge on any atom is 0.185 e. The van der Waals surface area contributed by atoms with Gasteiger partial charge in [0.2, 0.25) is 0 Å². The third kappa shape index (κ3) is 3.02. The molecule has 0 aliphatic heterocycles. The topological polar surface area (TPSA) is 62.5 Å². The number of hydrogen-bond acceptors (Lipinski definition) is 4. The molecule has 5 nitrogen and oxygen atoms in total. The fourth-order valence-electron chi connectivity index (χ4n) is 1.76.